The average Bonchev–Trinajstić information content (AvgIpc) is 2.43. The highest BCUT2D eigenvalue weighted by atomic mass is 16.5. The smallest absolute Gasteiger partial charge is 0.129 e. The van der Waals surface area contributed by atoms with Crippen molar-refractivity contribution in [3.05, 3.63) is 29.3 Å². The Bertz CT molecular complexity index is 399. The number of ether oxygens (including phenoxy) is 3. The molecule has 0 aliphatic heterocycles. The van der Waals surface area contributed by atoms with Crippen LogP contribution in [0.25, 0.3) is 0 Å². The maximum Gasteiger partial charge on any atom is 0.129 e. The molecule has 0 aliphatic rings. The van der Waals surface area contributed by atoms with Crippen molar-refractivity contribution in [2.24, 2.45) is 0 Å². The van der Waals surface area contributed by atoms with Crippen molar-refractivity contribution in [2.75, 3.05) is 27.9 Å². The van der Waals surface area contributed by atoms with Gasteiger partial charge in [0.15, 0.2) is 0 Å². The lowest BCUT2D eigenvalue weighted by molar-refractivity contribution is 0.331. The molecule has 0 aliphatic carbocycles. The van der Waals surface area contributed by atoms with E-state index in [1.807, 2.05) is 25.1 Å². The highest BCUT2D eigenvalue weighted by Crippen LogP contribution is 2.34. The summed E-state index contributed by atoms with van der Waals surface area (Å²) < 4.78 is 15.9. The van der Waals surface area contributed by atoms with E-state index in [2.05, 4.69) is 0 Å². The van der Waals surface area contributed by atoms with Gasteiger partial charge in [0.05, 0.1) is 27.9 Å². The molecule has 0 unspecified atom stereocenters. The minimum atomic E-state index is 0.0563. The van der Waals surface area contributed by atoms with E-state index in [0.717, 1.165) is 11.1 Å². The van der Waals surface area contributed by atoms with Crippen LogP contribution in [0.15, 0.2) is 23.8 Å². The quantitative estimate of drug-likeness (QED) is 0.788. The third-order valence-corrected chi connectivity index (χ3v) is 2.72. The van der Waals surface area contributed by atoms with Gasteiger partial charge in [-0.1, -0.05) is 11.6 Å². The van der Waals surface area contributed by atoms with E-state index >= 15 is 0 Å². The molecule has 0 saturated heterocycles. The van der Waals surface area contributed by atoms with Gasteiger partial charge in [-0.05, 0) is 13.3 Å². The Hall–Kier alpha value is -1.68. The number of aliphatic hydroxyl groups is 1. The molecule has 4 nitrogen and oxygen atoms in total. The van der Waals surface area contributed by atoms with Gasteiger partial charge in [0, 0.05) is 17.7 Å². The SMILES string of the molecule is COc1cc(OC)c(C/C=C(\C)CO)c(OC)c1. The highest BCUT2D eigenvalue weighted by Gasteiger charge is 2.12. The molecule has 0 fully saturated rings. The Kier molecular flexibility index (Phi) is 5.52. The van der Waals surface area contributed by atoms with Crippen molar-refractivity contribution in [3.63, 3.8) is 0 Å². The summed E-state index contributed by atoms with van der Waals surface area (Å²) in [6.45, 7) is 1.93. The van der Waals surface area contributed by atoms with E-state index in [-0.39, 0.29) is 6.61 Å². The molecule has 0 saturated carbocycles. The van der Waals surface area contributed by atoms with Crippen LogP contribution >= 0.6 is 0 Å². The molecular formula is C14H20O4. The number of aliphatic hydroxyl groups excluding tert-OH is 1. The van der Waals surface area contributed by atoms with Crippen LogP contribution in [0.5, 0.6) is 17.2 Å². The fraction of sp³-hybridized carbons (Fsp3) is 0.429. The molecule has 0 spiro atoms. The summed E-state index contributed by atoms with van der Waals surface area (Å²) in [5.41, 5.74) is 1.85. The summed E-state index contributed by atoms with van der Waals surface area (Å²) in [6, 6.07) is 3.64. The normalized spacial score (nSPS) is 11.3. The third kappa shape index (κ3) is 3.40. The van der Waals surface area contributed by atoms with Gasteiger partial charge in [-0.15, -0.1) is 0 Å². The Morgan fingerprint density at radius 2 is 1.67 bits per heavy atom. The Morgan fingerprint density at radius 3 is 2.06 bits per heavy atom. The van der Waals surface area contributed by atoms with Gasteiger partial charge in [0.25, 0.3) is 0 Å². The van der Waals surface area contributed by atoms with E-state index in [1.54, 1.807) is 21.3 Å². The monoisotopic (exact) mass is 252 g/mol. The van der Waals surface area contributed by atoms with Crippen molar-refractivity contribution in [3.8, 4) is 17.2 Å². The van der Waals surface area contributed by atoms with E-state index < -0.39 is 0 Å². The van der Waals surface area contributed by atoms with Crippen LogP contribution in [0.3, 0.4) is 0 Å². The first kappa shape index (κ1) is 14.4. The Morgan fingerprint density at radius 1 is 1.11 bits per heavy atom. The summed E-state index contributed by atoms with van der Waals surface area (Å²) in [7, 11) is 4.82. The predicted molar refractivity (Wildman–Crippen MR) is 70.6 cm³/mol. The van der Waals surface area contributed by atoms with Gasteiger partial charge in [-0.2, -0.15) is 0 Å². The molecule has 0 amide bonds. The zero-order valence-electron chi connectivity index (χ0n) is 11.3. The summed E-state index contributed by atoms with van der Waals surface area (Å²) in [6.07, 6.45) is 2.59. The van der Waals surface area contributed by atoms with Crippen LogP contribution in [0.4, 0.5) is 0 Å². The summed E-state index contributed by atoms with van der Waals surface area (Å²) in [5.74, 6) is 2.12. The van der Waals surface area contributed by atoms with Gasteiger partial charge in [0.2, 0.25) is 0 Å². The van der Waals surface area contributed by atoms with Gasteiger partial charge in [0.1, 0.15) is 17.2 Å². The van der Waals surface area contributed by atoms with Crippen molar-refractivity contribution in [2.45, 2.75) is 13.3 Å². The molecule has 100 valence electrons. The van der Waals surface area contributed by atoms with Gasteiger partial charge in [-0.3, -0.25) is 0 Å². The molecule has 1 aromatic carbocycles. The first-order chi connectivity index (χ1) is 8.65. The van der Waals surface area contributed by atoms with Gasteiger partial charge < -0.3 is 19.3 Å². The maximum atomic E-state index is 9.00. The first-order valence-corrected chi connectivity index (χ1v) is 5.71. The topological polar surface area (TPSA) is 47.9 Å². The van der Waals surface area contributed by atoms with Crippen LogP contribution in [0.2, 0.25) is 0 Å². The van der Waals surface area contributed by atoms with E-state index in [4.69, 9.17) is 19.3 Å². The Balaban J connectivity index is 3.14. The molecule has 0 radical (unpaired) electrons. The second kappa shape index (κ2) is 6.91. The summed E-state index contributed by atoms with van der Waals surface area (Å²) in [4.78, 5) is 0. The lowest BCUT2D eigenvalue weighted by Crippen LogP contribution is -1.98. The standard InChI is InChI=1S/C14H20O4/c1-10(9-15)5-6-12-13(17-3)7-11(16-2)8-14(12)18-4/h5,7-8,15H,6,9H2,1-4H3/b10-5+. The van der Waals surface area contributed by atoms with Crippen molar-refractivity contribution < 1.29 is 19.3 Å². The van der Waals surface area contributed by atoms with Crippen LogP contribution in [-0.2, 0) is 6.42 Å². The average molecular weight is 252 g/mol. The zero-order chi connectivity index (χ0) is 13.5. The number of benzene rings is 1. The lowest BCUT2D eigenvalue weighted by Gasteiger charge is -2.14. The fourth-order valence-electron chi connectivity index (χ4n) is 1.62. The Labute approximate surface area is 108 Å². The number of hydrogen-bond acceptors (Lipinski definition) is 4. The molecule has 0 bridgehead atoms. The zero-order valence-corrected chi connectivity index (χ0v) is 11.3. The molecular weight excluding hydrogens is 232 g/mol. The third-order valence-electron chi connectivity index (χ3n) is 2.72. The number of hydrogen-bond donors (Lipinski definition) is 1. The summed E-state index contributed by atoms with van der Waals surface area (Å²) in [5, 5.41) is 9.00. The molecule has 1 N–H and O–H groups in total. The minimum Gasteiger partial charge on any atom is -0.496 e. The van der Waals surface area contributed by atoms with Crippen LogP contribution in [-0.4, -0.2) is 33.0 Å². The van der Waals surface area contributed by atoms with E-state index in [1.165, 1.54) is 0 Å². The molecule has 0 aromatic heterocycles. The molecule has 1 rings (SSSR count). The van der Waals surface area contributed by atoms with E-state index in [9.17, 15) is 0 Å². The number of allylic oxidation sites excluding steroid dienone is 1. The first-order valence-electron chi connectivity index (χ1n) is 5.71. The molecule has 18 heavy (non-hydrogen) atoms. The number of rotatable bonds is 6. The second-order valence-corrected chi connectivity index (χ2v) is 3.92. The minimum absolute atomic E-state index is 0.0563. The fourth-order valence-corrected chi connectivity index (χ4v) is 1.62. The van der Waals surface area contributed by atoms with Gasteiger partial charge >= 0.3 is 0 Å². The van der Waals surface area contributed by atoms with Crippen molar-refractivity contribution in [1.29, 1.82) is 0 Å². The van der Waals surface area contributed by atoms with Crippen LogP contribution < -0.4 is 14.2 Å². The van der Waals surface area contributed by atoms with Crippen LogP contribution in [0, 0.1) is 0 Å². The summed E-state index contributed by atoms with van der Waals surface area (Å²) >= 11 is 0. The molecule has 4 heteroatoms. The largest absolute Gasteiger partial charge is 0.496 e. The lowest BCUT2D eigenvalue weighted by atomic mass is 10.1. The maximum absolute atomic E-state index is 9.00. The van der Waals surface area contributed by atoms with Gasteiger partial charge in [-0.25, -0.2) is 0 Å². The molecule has 0 atom stereocenters. The molecule has 1 aromatic rings. The van der Waals surface area contributed by atoms with Crippen molar-refractivity contribution >= 4 is 0 Å². The number of methoxy groups -OCH3 is 3. The predicted octanol–water partition coefficient (Wildman–Crippen LogP) is 2.19. The molecule has 0 heterocycles. The van der Waals surface area contributed by atoms with E-state index in [0.29, 0.717) is 23.7 Å². The second-order valence-electron chi connectivity index (χ2n) is 3.92. The highest BCUT2D eigenvalue weighted by molar-refractivity contribution is 5.51. The van der Waals surface area contributed by atoms with Crippen molar-refractivity contribution in [1.82, 2.24) is 0 Å². The van der Waals surface area contributed by atoms with Crippen LogP contribution in [0.1, 0.15) is 12.5 Å².